The van der Waals surface area contributed by atoms with E-state index in [2.05, 4.69) is 36.9 Å². The van der Waals surface area contributed by atoms with Crippen LogP contribution in [0.1, 0.15) is 58.8 Å². The van der Waals surface area contributed by atoms with Gasteiger partial charge in [-0.25, -0.2) is 0 Å². The molecule has 0 radical (unpaired) electrons. The molecule has 2 aliphatic carbocycles. The zero-order valence-electron chi connectivity index (χ0n) is 13.3. The maximum atomic E-state index is 8.77. The zero-order valence-corrected chi connectivity index (χ0v) is 13.3. The number of nitriles is 2. The van der Waals surface area contributed by atoms with Crippen LogP contribution in [0.15, 0.2) is 0 Å². The van der Waals surface area contributed by atoms with Gasteiger partial charge in [0.05, 0.1) is 0 Å². The van der Waals surface area contributed by atoms with Gasteiger partial charge >= 0.3 is 0 Å². The standard InChI is InChI=1S/C17H28N4/c1-12-7-14(3-5-16(12)20-10-18)9-15-4-6-17(21-11-19)13(2)8-15/h12-17,20-21H,3-9H2,1-2H3. The third-order valence-corrected chi connectivity index (χ3v) is 5.72. The Hall–Kier alpha value is -1.42. The molecule has 0 heterocycles. The fraction of sp³-hybridized carbons (Fsp3) is 0.882. The maximum absolute atomic E-state index is 8.77. The molecule has 6 unspecified atom stereocenters. The van der Waals surface area contributed by atoms with Crippen molar-refractivity contribution >= 4 is 0 Å². The van der Waals surface area contributed by atoms with Crippen LogP contribution in [0.25, 0.3) is 0 Å². The molecule has 4 nitrogen and oxygen atoms in total. The summed E-state index contributed by atoms with van der Waals surface area (Å²) < 4.78 is 0. The summed E-state index contributed by atoms with van der Waals surface area (Å²) in [6, 6.07) is 0.779. The third kappa shape index (κ3) is 4.27. The summed E-state index contributed by atoms with van der Waals surface area (Å²) in [6.07, 6.45) is 12.9. The number of hydrogen-bond acceptors (Lipinski definition) is 4. The van der Waals surface area contributed by atoms with E-state index in [1.54, 1.807) is 0 Å². The molecule has 2 rings (SSSR count). The van der Waals surface area contributed by atoms with Crippen LogP contribution in [0.5, 0.6) is 0 Å². The van der Waals surface area contributed by atoms with Crippen molar-refractivity contribution in [3.05, 3.63) is 0 Å². The van der Waals surface area contributed by atoms with Gasteiger partial charge in [-0.05, 0) is 68.6 Å². The van der Waals surface area contributed by atoms with Crippen molar-refractivity contribution in [3.8, 4) is 12.4 Å². The van der Waals surface area contributed by atoms with E-state index >= 15 is 0 Å². The van der Waals surface area contributed by atoms with E-state index in [4.69, 9.17) is 10.5 Å². The molecule has 0 saturated heterocycles. The number of nitrogens with zero attached hydrogens (tertiary/aromatic N) is 2. The summed E-state index contributed by atoms with van der Waals surface area (Å²) in [7, 11) is 0. The highest BCUT2D eigenvalue weighted by Crippen LogP contribution is 2.38. The Bertz CT molecular complexity index is 370. The van der Waals surface area contributed by atoms with E-state index in [0.717, 1.165) is 24.7 Å². The van der Waals surface area contributed by atoms with Crippen molar-refractivity contribution < 1.29 is 0 Å². The van der Waals surface area contributed by atoms with Crippen molar-refractivity contribution in [1.82, 2.24) is 10.6 Å². The van der Waals surface area contributed by atoms with Gasteiger partial charge < -0.3 is 10.6 Å². The van der Waals surface area contributed by atoms with E-state index in [1.807, 2.05) is 0 Å². The third-order valence-electron chi connectivity index (χ3n) is 5.72. The van der Waals surface area contributed by atoms with Crippen LogP contribution >= 0.6 is 0 Å². The van der Waals surface area contributed by atoms with Gasteiger partial charge in [0, 0.05) is 12.1 Å². The van der Waals surface area contributed by atoms with Gasteiger partial charge in [-0.15, -0.1) is 0 Å². The van der Waals surface area contributed by atoms with E-state index in [-0.39, 0.29) is 0 Å². The van der Waals surface area contributed by atoms with Crippen LogP contribution in [-0.4, -0.2) is 12.1 Å². The molecular weight excluding hydrogens is 260 g/mol. The topological polar surface area (TPSA) is 71.6 Å². The highest BCUT2D eigenvalue weighted by atomic mass is 14.9. The van der Waals surface area contributed by atoms with Gasteiger partial charge in [-0.1, -0.05) is 13.8 Å². The van der Waals surface area contributed by atoms with E-state index < -0.39 is 0 Å². The fourth-order valence-electron chi connectivity index (χ4n) is 4.51. The summed E-state index contributed by atoms with van der Waals surface area (Å²) in [5.41, 5.74) is 0. The summed E-state index contributed by atoms with van der Waals surface area (Å²) in [4.78, 5) is 0. The van der Waals surface area contributed by atoms with E-state index in [1.165, 1.54) is 32.1 Å². The fourth-order valence-corrected chi connectivity index (χ4v) is 4.51. The number of hydrogen-bond donors (Lipinski definition) is 2. The second kappa shape index (κ2) is 7.55. The van der Waals surface area contributed by atoms with Crippen molar-refractivity contribution in [2.24, 2.45) is 23.7 Å². The molecule has 0 aromatic rings. The van der Waals surface area contributed by atoms with Gasteiger partial charge in [-0.3, -0.25) is 0 Å². The summed E-state index contributed by atoms with van der Waals surface area (Å²) in [5, 5.41) is 23.4. The van der Waals surface area contributed by atoms with Crippen molar-refractivity contribution in [2.45, 2.75) is 70.9 Å². The van der Waals surface area contributed by atoms with Gasteiger partial charge in [0.1, 0.15) is 0 Å². The normalized spacial score (nSPS) is 39.8. The Kier molecular flexibility index (Phi) is 5.74. The number of nitrogens with one attached hydrogen (secondary N) is 2. The first-order valence-corrected chi connectivity index (χ1v) is 8.43. The van der Waals surface area contributed by atoms with Gasteiger partial charge in [0.2, 0.25) is 0 Å². The van der Waals surface area contributed by atoms with Crippen molar-refractivity contribution in [1.29, 1.82) is 10.5 Å². The molecular formula is C17H28N4. The van der Waals surface area contributed by atoms with Crippen LogP contribution in [0.2, 0.25) is 0 Å². The van der Waals surface area contributed by atoms with E-state index in [9.17, 15) is 0 Å². The highest BCUT2D eigenvalue weighted by Gasteiger charge is 2.32. The van der Waals surface area contributed by atoms with Crippen LogP contribution in [0.4, 0.5) is 0 Å². The minimum Gasteiger partial charge on any atom is -0.321 e. The summed E-state index contributed by atoms with van der Waals surface area (Å²) >= 11 is 0. The molecule has 2 fully saturated rings. The molecule has 4 heteroatoms. The molecule has 6 atom stereocenters. The lowest BCUT2D eigenvalue weighted by molar-refractivity contribution is 0.158. The molecule has 0 aromatic carbocycles. The average molecular weight is 288 g/mol. The predicted octanol–water partition coefficient (Wildman–Crippen LogP) is 3.13. The van der Waals surface area contributed by atoms with Crippen LogP contribution in [0.3, 0.4) is 0 Å². The number of rotatable bonds is 4. The first-order valence-electron chi connectivity index (χ1n) is 8.43. The van der Waals surface area contributed by atoms with Gasteiger partial charge in [-0.2, -0.15) is 10.5 Å². The van der Waals surface area contributed by atoms with Crippen molar-refractivity contribution in [3.63, 3.8) is 0 Å². The van der Waals surface area contributed by atoms with Crippen molar-refractivity contribution in [2.75, 3.05) is 0 Å². The van der Waals surface area contributed by atoms with Crippen LogP contribution < -0.4 is 10.6 Å². The second-order valence-electron chi connectivity index (χ2n) is 7.27. The van der Waals surface area contributed by atoms with Gasteiger partial charge in [0.15, 0.2) is 12.4 Å². The Morgan fingerprint density at radius 1 is 0.810 bits per heavy atom. The summed E-state index contributed by atoms with van der Waals surface area (Å²) in [6.45, 7) is 4.55. The molecule has 0 aliphatic heterocycles. The largest absolute Gasteiger partial charge is 0.321 e. The Labute approximate surface area is 128 Å². The molecule has 21 heavy (non-hydrogen) atoms. The average Bonchev–Trinajstić information content (AvgIpc) is 2.45. The minimum atomic E-state index is 0.390. The Morgan fingerprint density at radius 3 is 1.57 bits per heavy atom. The predicted molar refractivity (Wildman–Crippen MR) is 82.7 cm³/mol. The SMILES string of the molecule is CC1CC(CC2CCC(NC#N)C(C)C2)CCC1NC#N. The lowest BCUT2D eigenvalue weighted by Gasteiger charge is -2.38. The molecule has 0 spiro atoms. The molecule has 2 N–H and O–H groups in total. The van der Waals surface area contributed by atoms with E-state index in [0.29, 0.717) is 23.9 Å². The summed E-state index contributed by atoms with van der Waals surface area (Å²) in [5.74, 6) is 2.87. The smallest absolute Gasteiger partial charge is 0.176 e. The molecule has 0 bridgehead atoms. The monoisotopic (exact) mass is 288 g/mol. The van der Waals surface area contributed by atoms with Gasteiger partial charge in [0.25, 0.3) is 0 Å². The Balaban J connectivity index is 1.77. The minimum absolute atomic E-state index is 0.390. The molecule has 0 aromatic heterocycles. The highest BCUT2D eigenvalue weighted by molar-refractivity contribution is 4.90. The first-order chi connectivity index (χ1) is 10.1. The second-order valence-corrected chi connectivity index (χ2v) is 7.27. The zero-order chi connectivity index (χ0) is 15.2. The molecule has 2 saturated carbocycles. The lowest BCUT2D eigenvalue weighted by atomic mass is 9.70. The quantitative estimate of drug-likeness (QED) is 0.616. The lowest BCUT2D eigenvalue weighted by Crippen LogP contribution is -2.39. The van der Waals surface area contributed by atoms with Crippen LogP contribution in [0, 0.1) is 46.6 Å². The maximum Gasteiger partial charge on any atom is 0.176 e. The molecule has 0 amide bonds. The Morgan fingerprint density at radius 2 is 1.24 bits per heavy atom. The molecule has 116 valence electrons. The first kappa shape index (κ1) is 16.0. The van der Waals surface area contributed by atoms with Crippen LogP contribution in [-0.2, 0) is 0 Å². The molecule has 2 aliphatic rings.